The van der Waals surface area contributed by atoms with Gasteiger partial charge in [0.25, 0.3) is 0 Å². The van der Waals surface area contributed by atoms with Crippen LogP contribution in [-0.4, -0.2) is 5.38 Å². The Labute approximate surface area is 48.5 Å². The average molecular weight is 114 g/mol. The summed E-state index contributed by atoms with van der Waals surface area (Å²) < 4.78 is 0. The van der Waals surface area contributed by atoms with Crippen molar-refractivity contribution in [2.45, 2.75) is 11.8 Å². The lowest BCUT2D eigenvalue weighted by atomic mass is 10.2. The summed E-state index contributed by atoms with van der Waals surface area (Å²) in [5.41, 5.74) is 0. The van der Waals surface area contributed by atoms with Crippen molar-refractivity contribution < 1.29 is 0 Å². The molecule has 0 bridgehead atoms. The molecule has 37 valence electrons. The first-order valence-corrected chi connectivity index (χ1v) is 2.72. The maximum atomic E-state index is 5.62. The van der Waals surface area contributed by atoms with E-state index in [0.29, 0.717) is 0 Å². The number of alkyl halides is 1. The lowest BCUT2D eigenvalue weighted by Gasteiger charge is -1.98. The summed E-state index contributed by atoms with van der Waals surface area (Å²) in [5, 5.41) is 0.116. The number of halogens is 1. The summed E-state index contributed by atoms with van der Waals surface area (Å²) in [6, 6.07) is 0. The molecule has 1 radical (unpaired) electrons. The Hall–Kier alpha value is -0.230. The van der Waals surface area contributed by atoms with Gasteiger partial charge in [-0.2, -0.15) is 0 Å². The fraction of sp³-hybridized carbons (Fsp3) is 0.333. The minimum absolute atomic E-state index is 0.116. The number of hydrogen-bond donors (Lipinski definition) is 0. The Bertz CT molecular complexity index is 103. The molecule has 1 unspecified atom stereocenters. The lowest BCUT2D eigenvalue weighted by Crippen LogP contribution is -1.92. The van der Waals surface area contributed by atoms with Crippen LogP contribution in [-0.2, 0) is 0 Å². The van der Waals surface area contributed by atoms with Crippen LogP contribution >= 0.6 is 11.6 Å². The van der Waals surface area contributed by atoms with Crippen molar-refractivity contribution in [3.8, 4) is 0 Å². The molecule has 1 atom stereocenters. The van der Waals surface area contributed by atoms with Crippen LogP contribution in [0.15, 0.2) is 18.2 Å². The number of allylic oxidation sites excluding steroid dienone is 4. The Balaban J connectivity index is 2.49. The van der Waals surface area contributed by atoms with Crippen LogP contribution in [0.1, 0.15) is 6.42 Å². The molecular weight excluding hydrogens is 108 g/mol. The Morgan fingerprint density at radius 3 is 2.86 bits per heavy atom. The van der Waals surface area contributed by atoms with Crippen LogP contribution in [0, 0.1) is 6.08 Å². The molecule has 1 aliphatic rings. The van der Waals surface area contributed by atoms with E-state index >= 15 is 0 Å². The molecule has 0 saturated heterocycles. The van der Waals surface area contributed by atoms with Gasteiger partial charge in [0.05, 0.1) is 5.38 Å². The predicted octanol–water partition coefficient (Wildman–Crippen LogP) is 1.91. The molecule has 7 heavy (non-hydrogen) atoms. The predicted molar refractivity (Wildman–Crippen MR) is 31.2 cm³/mol. The molecule has 0 spiro atoms. The van der Waals surface area contributed by atoms with Crippen LogP contribution < -0.4 is 0 Å². The first kappa shape index (κ1) is 4.92. The fourth-order valence-electron chi connectivity index (χ4n) is 0.494. The van der Waals surface area contributed by atoms with Crippen molar-refractivity contribution in [1.29, 1.82) is 0 Å². The summed E-state index contributed by atoms with van der Waals surface area (Å²) in [5.74, 6) is 0. The van der Waals surface area contributed by atoms with Crippen LogP contribution in [0.25, 0.3) is 0 Å². The van der Waals surface area contributed by atoms with Crippen molar-refractivity contribution in [1.82, 2.24) is 0 Å². The maximum Gasteiger partial charge on any atom is 0.0622 e. The zero-order chi connectivity index (χ0) is 5.11. The maximum absolute atomic E-state index is 5.62. The van der Waals surface area contributed by atoms with Gasteiger partial charge in [0, 0.05) is 0 Å². The van der Waals surface area contributed by atoms with Gasteiger partial charge in [-0.3, -0.25) is 0 Å². The topological polar surface area (TPSA) is 0 Å². The Morgan fingerprint density at radius 1 is 1.71 bits per heavy atom. The highest BCUT2D eigenvalue weighted by Gasteiger charge is 1.96. The zero-order valence-corrected chi connectivity index (χ0v) is 4.65. The van der Waals surface area contributed by atoms with Gasteiger partial charge in [0.15, 0.2) is 0 Å². The molecule has 0 fully saturated rings. The molecule has 1 aliphatic carbocycles. The molecule has 0 aromatic heterocycles. The molecule has 0 saturated carbocycles. The van der Waals surface area contributed by atoms with Gasteiger partial charge >= 0.3 is 0 Å². The minimum atomic E-state index is 0.116. The first-order valence-electron chi connectivity index (χ1n) is 2.28. The third-order valence-electron chi connectivity index (χ3n) is 0.852. The van der Waals surface area contributed by atoms with E-state index in [-0.39, 0.29) is 5.38 Å². The van der Waals surface area contributed by atoms with Crippen LogP contribution in [0.5, 0.6) is 0 Å². The quantitative estimate of drug-likeness (QED) is 0.421. The summed E-state index contributed by atoms with van der Waals surface area (Å²) in [6.07, 6.45) is 9.71. The third kappa shape index (κ3) is 1.36. The van der Waals surface area contributed by atoms with Crippen molar-refractivity contribution in [3.05, 3.63) is 24.3 Å². The van der Waals surface area contributed by atoms with Crippen LogP contribution in [0.4, 0.5) is 0 Å². The molecule has 0 aromatic carbocycles. The van der Waals surface area contributed by atoms with Gasteiger partial charge in [-0.15, -0.1) is 11.6 Å². The van der Waals surface area contributed by atoms with Crippen molar-refractivity contribution >= 4 is 11.6 Å². The number of hydrogen-bond acceptors (Lipinski definition) is 0. The molecule has 1 heteroatoms. The fourth-order valence-corrected chi connectivity index (χ4v) is 0.670. The standard InChI is InChI=1S/C6H6Cl/c7-6-4-2-1-3-5-6/h1-3,6H,4H2. The van der Waals surface area contributed by atoms with Crippen LogP contribution in [0.3, 0.4) is 0 Å². The molecule has 0 nitrogen and oxygen atoms in total. The lowest BCUT2D eigenvalue weighted by molar-refractivity contribution is 1.02. The highest BCUT2D eigenvalue weighted by Crippen LogP contribution is 2.07. The molecule has 1 rings (SSSR count). The Kier molecular flexibility index (Phi) is 1.53. The van der Waals surface area contributed by atoms with Gasteiger partial charge < -0.3 is 0 Å². The zero-order valence-electron chi connectivity index (χ0n) is 3.89. The second-order valence-corrected chi connectivity index (χ2v) is 1.99. The van der Waals surface area contributed by atoms with E-state index in [0.717, 1.165) is 6.42 Å². The van der Waals surface area contributed by atoms with Crippen molar-refractivity contribution in [2.75, 3.05) is 0 Å². The summed E-state index contributed by atoms with van der Waals surface area (Å²) in [6.45, 7) is 0. The van der Waals surface area contributed by atoms with Gasteiger partial charge in [0.2, 0.25) is 0 Å². The molecule has 0 aliphatic heterocycles. The third-order valence-corrected chi connectivity index (χ3v) is 1.16. The highest BCUT2D eigenvalue weighted by atomic mass is 35.5. The van der Waals surface area contributed by atoms with E-state index in [4.69, 9.17) is 11.6 Å². The SMILES string of the molecule is ClC1[C]=CC=CC1. The summed E-state index contributed by atoms with van der Waals surface area (Å²) >= 11 is 5.62. The van der Waals surface area contributed by atoms with Crippen LogP contribution in [0.2, 0.25) is 0 Å². The molecule has 0 aromatic rings. The van der Waals surface area contributed by atoms with E-state index in [9.17, 15) is 0 Å². The van der Waals surface area contributed by atoms with Crippen molar-refractivity contribution in [3.63, 3.8) is 0 Å². The second kappa shape index (κ2) is 2.17. The van der Waals surface area contributed by atoms with Gasteiger partial charge in [-0.1, -0.05) is 18.2 Å². The summed E-state index contributed by atoms with van der Waals surface area (Å²) in [4.78, 5) is 0. The number of rotatable bonds is 0. The highest BCUT2D eigenvalue weighted by molar-refractivity contribution is 6.21. The average Bonchev–Trinajstić information content (AvgIpc) is 1.69. The first-order chi connectivity index (χ1) is 3.39. The largest absolute Gasteiger partial charge is 0.117 e. The molecule has 0 amide bonds. The van der Waals surface area contributed by atoms with Crippen molar-refractivity contribution in [2.24, 2.45) is 0 Å². The molecule has 0 heterocycles. The van der Waals surface area contributed by atoms with E-state index in [1.165, 1.54) is 0 Å². The van der Waals surface area contributed by atoms with E-state index in [1.807, 2.05) is 18.2 Å². The minimum Gasteiger partial charge on any atom is -0.117 e. The monoisotopic (exact) mass is 113 g/mol. The molecular formula is C6H6Cl. The Morgan fingerprint density at radius 2 is 2.57 bits per heavy atom. The van der Waals surface area contributed by atoms with Gasteiger partial charge in [0.1, 0.15) is 0 Å². The molecule has 0 N–H and O–H groups in total. The van der Waals surface area contributed by atoms with Gasteiger partial charge in [-0.25, -0.2) is 0 Å². The second-order valence-electron chi connectivity index (χ2n) is 1.46. The van der Waals surface area contributed by atoms with E-state index in [1.54, 1.807) is 0 Å². The summed E-state index contributed by atoms with van der Waals surface area (Å²) in [7, 11) is 0. The van der Waals surface area contributed by atoms with E-state index < -0.39 is 0 Å². The normalized spacial score (nSPS) is 28.4. The smallest absolute Gasteiger partial charge is 0.0622 e. The van der Waals surface area contributed by atoms with Gasteiger partial charge in [-0.05, 0) is 12.5 Å². The van der Waals surface area contributed by atoms with E-state index in [2.05, 4.69) is 6.08 Å².